The zero-order valence-electron chi connectivity index (χ0n) is 12.6. The van der Waals surface area contributed by atoms with E-state index in [1.807, 2.05) is 20.8 Å². The summed E-state index contributed by atoms with van der Waals surface area (Å²) in [6.07, 6.45) is 1.00. The van der Waals surface area contributed by atoms with Gasteiger partial charge in [0.15, 0.2) is 0 Å². The average Bonchev–Trinajstić information content (AvgIpc) is 3.03. The van der Waals surface area contributed by atoms with Crippen molar-refractivity contribution in [1.29, 1.82) is 0 Å². The fraction of sp³-hybridized carbons (Fsp3) is 0.538. The molecule has 0 saturated heterocycles. The van der Waals surface area contributed by atoms with Crippen LogP contribution in [-0.4, -0.2) is 27.6 Å². The molecule has 21 heavy (non-hydrogen) atoms. The number of amides is 1. The van der Waals surface area contributed by atoms with Crippen LogP contribution in [0.1, 0.15) is 51.7 Å². The van der Waals surface area contributed by atoms with Gasteiger partial charge in [0.1, 0.15) is 0 Å². The number of nitrogens with zero attached hydrogens (tertiary/aromatic N) is 3. The first kappa shape index (κ1) is 15.8. The van der Waals surface area contributed by atoms with Gasteiger partial charge in [-0.25, -0.2) is 4.98 Å². The van der Waals surface area contributed by atoms with Gasteiger partial charge >= 0.3 is 0 Å². The molecule has 2 heterocycles. The molecule has 6 nitrogen and oxygen atoms in total. The normalized spacial score (nSPS) is 12.2. The van der Waals surface area contributed by atoms with Crippen LogP contribution >= 0.6 is 22.7 Å². The van der Waals surface area contributed by atoms with E-state index in [1.165, 1.54) is 11.3 Å². The minimum absolute atomic E-state index is 0.0837. The molecule has 0 aliphatic heterocycles. The van der Waals surface area contributed by atoms with E-state index >= 15 is 0 Å². The molecule has 0 radical (unpaired) electrons. The molecule has 0 aromatic carbocycles. The van der Waals surface area contributed by atoms with Crippen LogP contribution in [-0.2, 0) is 0 Å². The second-order valence-corrected chi connectivity index (χ2v) is 6.93. The number of nitrogens with one attached hydrogen (secondary N) is 2. The van der Waals surface area contributed by atoms with Crippen LogP contribution in [0.15, 0.2) is 0 Å². The maximum Gasteiger partial charge on any atom is 0.282 e. The third-order valence-corrected chi connectivity index (χ3v) is 4.96. The topological polar surface area (TPSA) is 79.8 Å². The third-order valence-electron chi connectivity index (χ3n) is 2.83. The summed E-state index contributed by atoms with van der Waals surface area (Å²) in [5.74, 6) is -0.199. The molecule has 1 unspecified atom stereocenters. The quantitative estimate of drug-likeness (QED) is 0.853. The lowest BCUT2D eigenvalue weighted by Crippen LogP contribution is -2.26. The Bertz CT molecular complexity index is 622. The largest absolute Gasteiger partial charge is 0.360 e. The van der Waals surface area contributed by atoms with Gasteiger partial charge in [0.25, 0.3) is 5.91 Å². The van der Waals surface area contributed by atoms with E-state index in [2.05, 4.69) is 32.7 Å². The minimum atomic E-state index is -0.199. The summed E-state index contributed by atoms with van der Waals surface area (Å²) in [6.45, 7) is 8.77. The number of rotatable bonds is 6. The van der Waals surface area contributed by atoms with Gasteiger partial charge in [-0.2, -0.15) is 0 Å². The molecule has 1 amide bonds. The van der Waals surface area contributed by atoms with Crippen LogP contribution in [0, 0.1) is 13.8 Å². The van der Waals surface area contributed by atoms with Gasteiger partial charge in [0.05, 0.1) is 16.7 Å². The Kier molecular flexibility index (Phi) is 5.24. The number of carbonyl (C=O) groups is 1. The Morgan fingerprint density at radius 1 is 1.29 bits per heavy atom. The van der Waals surface area contributed by atoms with E-state index in [0.717, 1.165) is 28.5 Å². The summed E-state index contributed by atoms with van der Waals surface area (Å²) in [7, 11) is 0. The van der Waals surface area contributed by atoms with Crippen molar-refractivity contribution in [2.24, 2.45) is 0 Å². The first-order valence-corrected chi connectivity index (χ1v) is 8.46. The minimum Gasteiger partial charge on any atom is -0.360 e. The zero-order chi connectivity index (χ0) is 15.4. The molecule has 2 aromatic heterocycles. The molecule has 0 aliphatic rings. The highest BCUT2D eigenvalue weighted by Crippen LogP contribution is 2.25. The Morgan fingerprint density at radius 2 is 2.05 bits per heavy atom. The highest BCUT2D eigenvalue weighted by molar-refractivity contribution is 7.17. The predicted octanol–water partition coefficient (Wildman–Crippen LogP) is 2.92. The van der Waals surface area contributed by atoms with Crippen molar-refractivity contribution in [3.63, 3.8) is 0 Å². The van der Waals surface area contributed by atoms with Crippen molar-refractivity contribution in [2.45, 2.75) is 40.2 Å². The molecule has 0 fully saturated rings. The summed E-state index contributed by atoms with van der Waals surface area (Å²) >= 11 is 2.88. The maximum absolute atomic E-state index is 12.2. The molecular weight excluding hydrogens is 306 g/mol. The molecule has 0 spiro atoms. The Labute approximate surface area is 132 Å². The number of aryl methyl sites for hydroxylation is 2. The van der Waals surface area contributed by atoms with Crippen molar-refractivity contribution in [3.8, 4) is 0 Å². The zero-order valence-corrected chi connectivity index (χ0v) is 14.2. The van der Waals surface area contributed by atoms with E-state index in [9.17, 15) is 4.79 Å². The fourth-order valence-electron chi connectivity index (χ4n) is 1.89. The van der Waals surface area contributed by atoms with Gasteiger partial charge in [0.2, 0.25) is 10.1 Å². The summed E-state index contributed by atoms with van der Waals surface area (Å²) < 4.78 is 0. The van der Waals surface area contributed by atoms with Crippen molar-refractivity contribution in [3.05, 3.63) is 20.6 Å². The van der Waals surface area contributed by atoms with E-state index in [4.69, 9.17) is 0 Å². The first-order valence-electron chi connectivity index (χ1n) is 6.83. The first-order chi connectivity index (χ1) is 10.0. The maximum atomic E-state index is 12.2. The van der Waals surface area contributed by atoms with Crippen LogP contribution in [0.25, 0.3) is 0 Å². The number of carbonyl (C=O) groups excluding carboxylic acids is 1. The monoisotopic (exact) mass is 325 g/mol. The molecule has 0 aliphatic carbocycles. The Hall–Kier alpha value is -1.54. The summed E-state index contributed by atoms with van der Waals surface area (Å²) in [6, 6.07) is -0.0837. The number of aromatic nitrogens is 3. The van der Waals surface area contributed by atoms with E-state index in [0.29, 0.717) is 10.1 Å². The number of anilines is 1. The van der Waals surface area contributed by atoms with Crippen LogP contribution in [0.4, 0.5) is 5.13 Å². The fourth-order valence-corrected chi connectivity index (χ4v) is 3.49. The molecule has 8 heteroatoms. The van der Waals surface area contributed by atoms with Gasteiger partial charge in [-0.1, -0.05) is 18.3 Å². The van der Waals surface area contributed by atoms with Crippen molar-refractivity contribution >= 4 is 33.7 Å². The van der Waals surface area contributed by atoms with Gasteiger partial charge < -0.3 is 10.6 Å². The van der Waals surface area contributed by atoms with Gasteiger partial charge in [0, 0.05) is 11.4 Å². The standard InChI is InChI=1S/C13H19N5OS2/c1-5-6-14-13-18-17-12(21-13)11(19)16-8(3)10-7(2)15-9(4)20-10/h8H,5-6H2,1-4H3,(H,14,18)(H,16,19). The predicted molar refractivity (Wildman–Crippen MR) is 86.2 cm³/mol. The van der Waals surface area contributed by atoms with E-state index in [-0.39, 0.29) is 11.9 Å². The molecule has 0 saturated carbocycles. The van der Waals surface area contributed by atoms with Crippen LogP contribution in [0.5, 0.6) is 0 Å². The molecular formula is C13H19N5OS2. The molecule has 114 valence electrons. The molecule has 2 rings (SSSR count). The molecule has 0 bridgehead atoms. The van der Waals surface area contributed by atoms with Crippen molar-refractivity contribution < 1.29 is 4.79 Å². The van der Waals surface area contributed by atoms with Crippen LogP contribution in [0.3, 0.4) is 0 Å². The van der Waals surface area contributed by atoms with Crippen molar-refractivity contribution in [1.82, 2.24) is 20.5 Å². The van der Waals surface area contributed by atoms with Gasteiger partial charge in [-0.15, -0.1) is 21.5 Å². The lowest BCUT2D eigenvalue weighted by Gasteiger charge is -2.11. The third kappa shape index (κ3) is 3.98. The summed E-state index contributed by atoms with van der Waals surface area (Å²) in [4.78, 5) is 17.6. The molecule has 2 N–H and O–H groups in total. The molecule has 1 atom stereocenters. The number of thiazole rings is 1. The van der Waals surface area contributed by atoms with Crippen LogP contribution in [0.2, 0.25) is 0 Å². The summed E-state index contributed by atoms with van der Waals surface area (Å²) in [5.41, 5.74) is 0.966. The Balaban J connectivity index is 2.00. The lowest BCUT2D eigenvalue weighted by molar-refractivity contribution is 0.0939. The van der Waals surface area contributed by atoms with E-state index < -0.39 is 0 Å². The SMILES string of the molecule is CCCNc1nnc(C(=O)NC(C)c2sc(C)nc2C)s1. The second kappa shape index (κ2) is 6.95. The Morgan fingerprint density at radius 3 is 2.67 bits per heavy atom. The summed E-state index contributed by atoms with van der Waals surface area (Å²) in [5, 5.41) is 16.0. The second-order valence-electron chi connectivity index (χ2n) is 4.72. The highest BCUT2D eigenvalue weighted by atomic mass is 32.1. The van der Waals surface area contributed by atoms with Gasteiger partial charge in [-0.05, 0) is 27.2 Å². The van der Waals surface area contributed by atoms with Crippen LogP contribution < -0.4 is 10.6 Å². The van der Waals surface area contributed by atoms with Gasteiger partial charge in [-0.3, -0.25) is 4.79 Å². The average molecular weight is 325 g/mol. The van der Waals surface area contributed by atoms with Crippen molar-refractivity contribution in [2.75, 3.05) is 11.9 Å². The highest BCUT2D eigenvalue weighted by Gasteiger charge is 2.19. The smallest absolute Gasteiger partial charge is 0.282 e. The van der Waals surface area contributed by atoms with E-state index in [1.54, 1.807) is 11.3 Å². The molecule has 2 aromatic rings. The number of hydrogen-bond donors (Lipinski definition) is 2. The number of hydrogen-bond acceptors (Lipinski definition) is 7. The lowest BCUT2D eigenvalue weighted by atomic mass is 10.2.